The molecule has 2 N–H and O–H groups in total. The van der Waals surface area contributed by atoms with Crippen LogP contribution in [0.5, 0.6) is 0 Å². The molecule has 0 aromatic heterocycles. The van der Waals surface area contributed by atoms with Crippen LogP contribution in [0.25, 0.3) is 0 Å². The summed E-state index contributed by atoms with van der Waals surface area (Å²) in [4.78, 5) is 35.5. The second kappa shape index (κ2) is 5.88. The molecule has 0 bridgehead atoms. The lowest BCUT2D eigenvalue weighted by molar-refractivity contribution is -0.145. The molecule has 6 nitrogen and oxygen atoms in total. The van der Waals surface area contributed by atoms with Gasteiger partial charge in [0.05, 0.1) is 5.60 Å². The van der Waals surface area contributed by atoms with Crippen molar-refractivity contribution in [3.63, 3.8) is 0 Å². The van der Waals surface area contributed by atoms with E-state index < -0.39 is 37.2 Å². The summed E-state index contributed by atoms with van der Waals surface area (Å²) in [5.41, 5.74) is -1.59. The summed E-state index contributed by atoms with van der Waals surface area (Å²) in [7, 11) is -1.71. The lowest BCUT2D eigenvalue weighted by Crippen LogP contribution is -2.62. The van der Waals surface area contributed by atoms with E-state index in [1.54, 1.807) is 6.92 Å². The van der Waals surface area contributed by atoms with Crippen LogP contribution in [0.4, 0.5) is 4.79 Å². The first-order chi connectivity index (χ1) is 9.42. The summed E-state index contributed by atoms with van der Waals surface area (Å²) >= 11 is 0. The van der Waals surface area contributed by atoms with Gasteiger partial charge in [0.1, 0.15) is 5.41 Å². The minimum absolute atomic E-state index is 0.348. The first kappa shape index (κ1) is 17.8. The number of urea groups is 1. The average Bonchev–Trinajstić information content (AvgIpc) is 2.25. The summed E-state index contributed by atoms with van der Waals surface area (Å²) < 4.78 is 6.11. The van der Waals surface area contributed by atoms with Crippen molar-refractivity contribution in [1.29, 1.82) is 0 Å². The van der Waals surface area contributed by atoms with Crippen molar-refractivity contribution >= 4 is 26.2 Å². The Morgan fingerprint density at radius 2 is 1.57 bits per heavy atom. The molecule has 7 heteroatoms. The van der Waals surface area contributed by atoms with E-state index in [-0.39, 0.29) is 0 Å². The van der Waals surface area contributed by atoms with E-state index >= 15 is 0 Å². The van der Waals surface area contributed by atoms with Crippen LogP contribution in [0.1, 0.15) is 40.0 Å². The molecule has 0 spiro atoms. The van der Waals surface area contributed by atoms with Crippen molar-refractivity contribution in [2.75, 3.05) is 0 Å². The molecule has 1 saturated heterocycles. The smallest absolute Gasteiger partial charge is 0.328 e. The Morgan fingerprint density at radius 1 is 1.10 bits per heavy atom. The van der Waals surface area contributed by atoms with Crippen LogP contribution in [0.3, 0.4) is 0 Å². The summed E-state index contributed by atoms with van der Waals surface area (Å²) in [6.45, 7) is 12.0. The first-order valence-corrected chi connectivity index (χ1v) is 10.7. The molecular formula is C14H26N2O4Si. The number of carbonyl (C=O) groups is 3. The Kier molecular flexibility index (Phi) is 5.00. The minimum atomic E-state index is -1.71. The van der Waals surface area contributed by atoms with Gasteiger partial charge in [-0.05, 0) is 52.8 Å². The molecule has 0 saturated carbocycles. The van der Waals surface area contributed by atoms with E-state index in [1.165, 1.54) is 0 Å². The number of amides is 4. The van der Waals surface area contributed by atoms with Crippen LogP contribution in [0, 0.1) is 5.41 Å². The van der Waals surface area contributed by atoms with E-state index in [9.17, 15) is 14.4 Å². The number of hydrogen-bond acceptors (Lipinski definition) is 4. The highest BCUT2D eigenvalue weighted by molar-refractivity contribution is 6.69. The Bertz CT molecular complexity index is 434. The second-order valence-electron chi connectivity index (χ2n) is 7.15. The normalized spacial score (nSPS) is 19.2. The van der Waals surface area contributed by atoms with Crippen LogP contribution in [-0.4, -0.2) is 31.8 Å². The summed E-state index contributed by atoms with van der Waals surface area (Å²) in [5.74, 6) is -1.02. The number of barbiturate groups is 1. The van der Waals surface area contributed by atoms with Gasteiger partial charge in [-0.15, -0.1) is 0 Å². The zero-order valence-electron chi connectivity index (χ0n) is 13.8. The van der Waals surface area contributed by atoms with Crippen molar-refractivity contribution in [3.8, 4) is 0 Å². The van der Waals surface area contributed by atoms with E-state index in [0.29, 0.717) is 19.3 Å². The summed E-state index contributed by atoms with van der Waals surface area (Å²) in [5, 5.41) is 4.39. The maximum Gasteiger partial charge on any atom is 0.328 e. The van der Waals surface area contributed by atoms with Crippen LogP contribution in [-0.2, 0) is 14.0 Å². The van der Waals surface area contributed by atoms with Gasteiger partial charge < -0.3 is 4.43 Å². The van der Waals surface area contributed by atoms with E-state index in [1.807, 2.05) is 13.8 Å². The third kappa shape index (κ3) is 4.37. The fraction of sp³-hybridized carbons (Fsp3) is 0.786. The molecule has 21 heavy (non-hydrogen) atoms. The molecular weight excluding hydrogens is 288 g/mol. The zero-order valence-corrected chi connectivity index (χ0v) is 14.8. The fourth-order valence-corrected chi connectivity index (χ4v) is 4.46. The topological polar surface area (TPSA) is 84.5 Å². The van der Waals surface area contributed by atoms with Crippen molar-refractivity contribution in [2.45, 2.75) is 65.3 Å². The van der Waals surface area contributed by atoms with E-state index in [4.69, 9.17) is 4.43 Å². The molecule has 0 unspecified atom stereocenters. The van der Waals surface area contributed by atoms with Gasteiger partial charge in [-0.1, -0.05) is 6.92 Å². The number of hydrogen-bond donors (Lipinski definition) is 2. The molecule has 0 aromatic rings. The van der Waals surface area contributed by atoms with E-state index in [2.05, 4.69) is 30.3 Å². The third-order valence-corrected chi connectivity index (χ3v) is 4.83. The molecule has 1 rings (SSSR count). The van der Waals surface area contributed by atoms with Crippen LogP contribution >= 0.6 is 0 Å². The first-order valence-electron chi connectivity index (χ1n) is 7.29. The summed E-state index contributed by atoms with van der Waals surface area (Å²) in [6, 6.07) is -0.744. The Hall–Kier alpha value is -1.21. The number of imide groups is 2. The van der Waals surface area contributed by atoms with Crippen LogP contribution in [0.15, 0.2) is 0 Å². The Morgan fingerprint density at radius 3 is 1.95 bits per heavy atom. The highest BCUT2D eigenvalue weighted by Gasteiger charge is 2.49. The molecule has 0 aromatic carbocycles. The number of carbonyl (C=O) groups excluding carboxylic acids is 3. The highest BCUT2D eigenvalue weighted by Crippen LogP contribution is 2.35. The molecule has 4 amide bonds. The van der Waals surface area contributed by atoms with Gasteiger partial charge in [0.15, 0.2) is 8.32 Å². The fourth-order valence-electron chi connectivity index (χ4n) is 2.70. The predicted octanol–water partition coefficient (Wildman–Crippen LogP) is 2.16. The number of nitrogens with one attached hydrogen (secondary N) is 2. The molecule has 1 heterocycles. The van der Waals surface area contributed by atoms with Crippen molar-refractivity contribution in [1.82, 2.24) is 10.6 Å². The average molecular weight is 314 g/mol. The van der Waals surface area contributed by atoms with Crippen molar-refractivity contribution < 1.29 is 18.8 Å². The summed E-state index contributed by atoms with van der Waals surface area (Å²) in [6.07, 6.45) is 1.27. The van der Waals surface area contributed by atoms with Gasteiger partial charge in [-0.2, -0.15) is 0 Å². The van der Waals surface area contributed by atoms with Gasteiger partial charge in [-0.3, -0.25) is 20.2 Å². The molecule has 0 aliphatic carbocycles. The van der Waals surface area contributed by atoms with Crippen molar-refractivity contribution in [3.05, 3.63) is 0 Å². The van der Waals surface area contributed by atoms with Gasteiger partial charge in [0, 0.05) is 0 Å². The maximum atomic E-state index is 12.1. The number of rotatable bonds is 6. The third-order valence-electron chi connectivity index (χ3n) is 3.66. The minimum Gasteiger partial charge on any atom is -0.413 e. The molecule has 0 atom stereocenters. The van der Waals surface area contributed by atoms with Crippen LogP contribution in [0.2, 0.25) is 19.6 Å². The Balaban J connectivity index is 2.85. The molecule has 1 aliphatic heterocycles. The van der Waals surface area contributed by atoms with Gasteiger partial charge >= 0.3 is 6.03 Å². The highest BCUT2D eigenvalue weighted by atomic mass is 28.4. The zero-order chi connectivity index (χ0) is 16.5. The van der Waals surface area contributed by atoms with Crippen LogP contribution < -0.4 is 10.6 Å². The Labute approximate surface area is 127 Å². The maximum absolute atomic E-state index is 12.1. The standard InChI is InChI=1S/C14H26N2O4Si/c1-7-14(10(17)15-12(19)16-11(14)18)9-8-13(2,3)20-21(4,5)6/h7-9H2,1-6H3,(H2,15,16,17,18,19). The predicted molar refractivity (Wildman–Crippen MR) is 82.1 cm³/mol. The van der Waals surface area contributed by atoms with Crippen molar-refractivity contribution in [2.24, 2.45) is 5.41 Å². The SMILES string of the molecule is CCC1(CCC(C)(C)O[Si](C)(C)C)C(=O)NC(=O)NC1=O. The lowest BCUT2D eigenvalue weighted by Gasteiger charge is -2.38. The largest absolute Gasteiger partial charge is 0.413 e. The second-order valence-corrected chi connectivity index (χ2v) is 11.6. The monoisotopic (exact) mass is 314 g/mol. The van der Waals surface area contributed by atoms with Gasteiger partial charge in [-0.25, -0.2) is 4.79 Å². The van der Waals surface area contributed by atoms with E-state index in [0.717, 1.165) is 0 Å². The van der Waals surface area contributed by atoms with Gasteiger partial charge in [0.2, 0.25) is 11.8 Å². The molecule has 120 valence electrons. The molecule has 1 aliphatic rings. The lowest BCUT2D eigenvalue weighted by atomic mass is 9.75. The molecule has 1 fully saturated rings. The quantitative estimate of drug-likeness (QED) is 0.581. The van der Waals surface area contributed by atoms with Gasteiger partial charge in [0.25, 0.3) is 0 Å². The molecule has 0 radical (unpaired) electrons.